The van der Waals surface area contributed by atoms with Gasteiger partial charge in [0.25, 0.3) is 5.91 Å². The summed E-state index contributed by atoms with van der Waals surface area (Å²) in [5, 5.41) is 3.11. The molecule has 3 heterocycles. The van der Waals surface area contributed by atoms with Gasteiger partial charge in [0.2, 0.25) is 5.91 Å². The van der Waals surface area contributed by atoms with E-state index in [0.29, 0.717) is 24.5 Å². The van der Waals surface area contributed by atoms with E-state index in [1.807, 2.05) is 24.3 Å². The summed E-state index contributed by atoms with van der Waals surface area (Å²) in [6, 6.07) is 13.5. The predicted octanol–water partition coefficient (Wildman–Crippen LogP) is 4.37. The third-order valence-electron chi connectivity index (χ3n) is 7.35. The van der Waals surface area contributed by atoms with E-state index in [-0.39, 0.29) is 40.8 Å². The number of nitrogens with one attached hydrogen (secondary N) is 1. The first-order valence-electron chi connectivity index (χ1n) is 13.1. The van der Waals surface area contributed by atoms with Crippen molar-refractivity contribution in [3.8, 4) is 0 Å². The quantitative estimate of drug-likeness (QED) is 0.457. The lowest BCUT2D eigenvalue weighted by atomic mass is 9.87. The molecule has 2 aliphatic heterocycles. The number of fused-ring (bicyclic) bond motifs is 1. The molecule has 1 aromatic heterocycles. The van der Waals surface area contributed by atoms with Gasteiger partial charge in [-0.25, -0.2) is 4.39 Å². The molecule has 3 N–H and O–H groups in total. The molecule has 5 rings (SSSR count). The Labute approximate surface area is 227 Å². The van der Waals surface area contributed by atoms with Crippen LogP contribution in [0.3, 0.4) is 0 Å². The van der Waals surface area contributed by atoms with Gasteiger partial charge in [-0.3, -0.25) is 19.5 Å². The lowest BCUT2D eigenvalue weighted by Gasteiger charge is -2.33. The summed E-state index contributed by atoms with van der Waals surface area (Å²) in [7, 11) is 0. The van der Waals surface area contributed by atoms with Gasteiger partial charge in [0.05, 0.1) is 24.9 Å². The van der Waals surface area contributed by atoms with Gasteiger partial charge >= 0.3 is 0 Å². The normalized spacial score (nSPS) is 21.3. The Morgan fingerprint density at radius 1 is 1.13 bits per heavy atom. The van der Waals surface area contributed by atoms with E-state index in [4.69, 9.17) is 15.2 Å². The van der Waals surface area contributed by atoms with E-state index < -0.39 is 17.8 Å². The minimum absolute atomic E-state index is 0.0376. The lowest BCUT2D eigenvalue weighted by Crippen LogP contribution is -2.49. The molecule has 3 aromatic rings. The number of carbonyl (C=O) groups is 2. The zero-order valence-electron chi connectivity index (χ0n) is 22.3. The van der Waals surface area contributed by atoms with Gasteiger partial charge in [0.15, 0.2) is 6.29 Å². The summed E-state index contributed by atoms with van der Waals surface area (Å²) in [5.41, 5.74) is 7.81. The van der Waals surface area contributed by atoms with Gasteiger partial charge in [-0.2, -0.15) is 0 Å². The van der Waals surface area contributed by atoms with Crippen molar-refractivity contribution >= 4 is 23.2 Å². The van der Waals surface area contributed by atoms with Gasteiger partial charge in [-0.05, 0) is 53.8 Å². The van der Waals surface area contributed by atoms with Gasteiger partial charge in [0, 0.05) is 35.1 Å². The van der Waals surface area contributed by atoms with Crippen LogP contribution in [-0.4, -0.2) is 42.3 Å². The molecule has 0 saturated carbocycles. The third-order valence-corrected chi connectivity index (χ3v) is 7.35. The molecule has 2 aliphatic rings. The molecule has 8 nitrogen and oxygen atoms in total. The van der Waals surface area contributed by atoms with E-state index >= 15 is 0 Å². The molecule has 0 spiro atoms. The fourth-order valence-corrected chi connectivity index (χ4v) is 5.15. The van der Waals surface area contributed by atoms with E-state index in [1.54, 1.807) is 24.5 Å². The van der Waals surface area contributed by atoms with E-state index in [2.05, 4.69) is 31.1 Å². The lowest BCUT2D eigenvalue weighted by molar-refractivity contribution is -0.123. The Kier molecular flexibility index (Phi) is 7.38. The standard InChI is InChI=1S/C30H33FN4O4/c1-30(2,3)20-7-9-21(10-8-20)35(28(37)18-6-11-23(31)24(32)15-18)26(19-5-4-13-33-16-19)27(36)34-25-17-39-29-22(25)12-14-38-29/h4-11,13,15-16,22,25-26,29H,12,14,17,32H2,1-3H3,(H,34,36). The van der Waals surface area contributed by atoms with Crippen LogP contribution in [0.1, 0.15) is 54.7 Å². The van der Waals surface area contributed by atoms with Gasteiger partial charge in [-0.15, -0.1) is 0 Å². The fraction of sp³-hybridized carbons (Fsp3) is 0.367. The van der Waals surface area contributed by atoms with Crippen molar-refractivity contribution in [1.82, 2.24) is 10.3 Å². The summed E-state index contributed by atoms with van der Waals surface area (Å²) in [5.74, 6) is -1.47. The SMILES string of the molecule is CC(C)(C)c1ccc(N(C(=O)c2ccc(F)c(N)c2)C(C(=O)NC2COC3OCCC23)c2cccnc2)cc1. The average molecular weight is 533 g/mol. The van der Waals surface area contributed by atoms with E-state index in [0.717, 1.165) is 18.1 Å². The van der Waals surface area contributed by atoms with E-state index in [9.17, 15) is 14.0 Å². The third kappa shape index (κ3) is 5.51. The number of nitrogen functional groups attached to an aromatic ring is 1. The summed E-state index contributed by atoms with van der Waals surface area (Å²) >= 11 is 0. The largest absolute Gasteiger partial charge is 0.396 e. The molecule has 4 atom stereocenters. The Hall–Kier alpha value is -3.82. The first-order chi connectivity index (χ1) is 18.6. The van der Waals surface area contributed by atoms with Crippen LogP contribution in [0.2, 0.25) is 0 Å². The molecule has 39 heavy (non-hydrogen) atoms. The number of hydrogen-bond acceptors (Lipinski definition) is 6. The van der Waals surface area contributed by atoms with Gasteiger partial charge in [-0.1, -0.05) is 39.0 Å². The zero-order chi connectivity index (χ0) is 27.7. The summed E-state index contributed by atoms with van der Waals surface area (Å²) in [4.78, 5) is 33.8. The summed E-state index contributed by atoms with van der Waals surface area (Å²) < 4.78 is 25.3. The van der Waals surface area contributed by atoms with Crippen LogP contribution in [0.25, 0.3) is 0 Å². The molecule has 4 unspecified atom stereocenters. The minimum atomic E-state index is -1.07. The van der Waals surface area contributed by atoms with Crippen molar-refractivity contribution in [2.75, 3.05) is 23.8 Å². The number of nitrogens with two attached hydrogens (primary N) is 1. The first-order valence-corrected chi connectivity index (χ1v) is 13.1. The van der Waals surface area contributed by atoms with Crippen LogP contribution in [0.5, 0.6) is 0 Å². The first kappa shape index (κ1) is 26.8. The molecular weight excluding hydrogens is 499 g/mol. The molecule has 9 heteroatoms. The summed E-state index contributed by atoms with van der Waals surface area (Å²) in [6.45, 7) is 7.19. The number of carbonyl (C=O) groups excluding carboxylic acids is 2. The zero-order valence-corrected chi connectivity index (χ0v) is 22.3. The van der Waals surface area contributed by atoms with Crippen molar-refractivity contribution in [3.63, 3.8) is 0 Å². The number of aromatic nitrogens is 1. The molecular formula is C30H33FN4O4. The van der Waals surface area contributed by atoms with Crippen molar-refractivity contribution in [2.45, 2.75) is 51.0 Å². The predicted molar refractivity (Wildman–Crippen MR) is 145 cm³/mol. The Morgan fingerprint density at radius 2 is 1.90 bits per heavy atom. The van der Waals surface area contributed by atoms with Crippen LogP contribution in [0, 0.1) is 11.7 Å². The minimum Gasteiger partial charge on any atom is -0.396 e. The summed E-state index contributed by atoms with van der Waals surface area (Å²) in [6.07, 6.45) is 3.62. The molecule has 2 saturated heterocycles. The molecule has 0 aliphatic carbocycles. The maximum atomic E-state index is 14.1. The number of rotatable bonds is 6. The number of halogens is 1. The molecule has 2 fully saturated rings. The highest BCUT2D eigenvalue weighted by Gasteiger charge is 2.44. The fourth-order valence-electron chi connectivity index (χ4n) is 5.15. The Balaban J connectivity index is 1.58. The number of benzene rings is 2. The number of ether oxygens (including phenoxy) is 2. The molecule has 204 valence electrons. The van der Waals surface area contributed by atoms with Crippen molar-refractivity contribution in [1.29, 1.82) is 0 Å². The Bertz CT molecular complexity index is 1340. The highest BCUT2D eigenvalue weighted by Crippen LogP contribution is 2.35. The van der Waals surface area contributed by atoms with Crippen LogP contribution in [-0.2, 0) is 19.7 Å². The second-order valence-electron chi connectivity index (χ2n) is 11.0. The van der Waals surface area contributed by atoms with Crippen LogP contribution < -0.4 is 16.0 Å². The smallest absolute Gasteiger partial charge is 0.259 e. The van der Waals surface area contributed by atoms with Crippen LogP contribution >= 0.6 is 0 Å². The second kappa shape index (κ2) is 10.7. The van der Waals surface area contributed by atoms with Gasteiger partial charge < -0.3 is 20.5 Å². The van der Waals surface area contributed by atoms with Crippen molar-refractivity contribution in [3.05, 3.63) is 89.5 Å². The van der Waals surface area contributed by atoms with Gasteiger partial charge in [0.1, 0.15) is 11.9 Å². The van der Waals surface area contributed by atoms with Crippen molar-refractivity contribution < 1.29 is 23.5 Å². The number of nitrogens with zero attached hydrogens (tertiary/aromatic N) is 2. The maximum absolute atomic E-state index is 14.1. The average Bonchev–Trinajstić information content (AvgIpc) is 3.54. The van der Waals surface area contributed by atoms with Crippen LogP contribution in [0.4, 0.5) is 15.8 Å². The molecule has 2 amide bonds. The Morgan fingerprint density at radius 3 is 2.56 bits per heavy atom. The highest BCUT2D eigenvalue weighted by atomic mass is 19.1. The number of amides is 2. The number of anilines is 2. The highest BCUT2D eigenvalue weighted by molar-refractivity contribution is 6.10. The molecule has 0 radical (unpaired) electrons. The topological polar surface area (TPSA) is 107 Å². The number of pyridine rings is 1. The molecule has 0 bridgehead atoms. The van der Waals surface area contributed by atoms with Crippen molar-refractivity contribution in [2.24, 2.45) is 5.92 Å². The van der Waals surface area contributed by atoms with E-state index in [1.165, 1.54) is 17.0 Å². The van der Waals surface area contributed by atoms with Crippen LogP contribution in [0.15, 0.2) is 67.0 Å². The monoisotopic (exact) mass is 532 g/mol. The molecule has 2 aromatic carbocycles. The number of hydrogen-bond donors (Lipinski definition) is 2. The maximum Gasteiger partial charge on any atom is 0.259 e. The second-order valence-corrected chi connectivity index (χ2v) is 11.0.